The number of hydrogen-bond donors (Lipinski definition) is 0. The molecule has 0 aromatic heterocycles. The van der Waals surface area contributed by atoms with Crippen LogP contribution >= 0.6 is 0 Å². The molecule has 32 heteroatoms. The van der Waals surface area contributed by atoms with Gasteiger partial charge in [0.25, 0.3) is 0 Å². The summed E-state index contributed by atoms with van der Waals surface area (Å²) in [6.07, 6.45) is 30.7. The van der Waals surface area contributed by atoms with Gasteiger partial charge >= 0.3 is 68.3 Å². The summed E-state index contributed by atoms with van der Waals surface area (Å²) in [4.78, 5) is 60.2. The van der Waals surface area contributed by atoms with Gasteiger partial charge in [-0.15, -0.1) is 0 Å². The minimum absolute atomic E-state index is 0. The van der Waals surface area contributed by atoms with Crippen molar-refractivity contribution in [2.75, 3.05) is 105 Å². The Kier molecular flexibility index (Phi) is 46.5. The third-order valence-corrected chi connectivity index (χ3v) is 24.4. The zero-order chi connectivity index (χ0) is 74.0. The molecule has 0 aliphatic carbocycles. The van der Waals surface area contributed by atoms with Crippen molar-refractivity contribution >= 4 is 114 Å². The van der Waals surface area contributed by atoms with Gasteiger partial charge in [-0.05, 0) is 259 Å². The van der Waals surface area contributed by atoms with Gasteiger partial charge in [0.05, 0.1) is 32.9 Å². The van der Waals surface area contributed by atoms with E-state index < -0.39 is 65.9 Å². The molecule has 104 heavy (non-hydrogen) atoms. The van der Waals surface area contributed by atoms with Gasteiger partial charge in [0.2, 0.25) is 0 Å². The Balaban J connectivity index is 0.000000685. The van der Waals surface area contributed by atoms with Crippen molar-refractivity contribution in [3.8, 4) is 0 Å². The molecule has 0 unspecified atom stereocenters. The van der Waals surface area contributed by atoms with Gasteiger partial charge in [-0.25, -0.2) is 0 Å². The molecule has 8 heterocycles. The summed E-state index contributed by atoms with van der Waals surface area (Å²) in [5, 5.41) is 0. The van der Waals surface area contributed by atoms with Crippen LogP contribution < -0.4 is 0 Å². The van der Waals surface area contributed by atoms with Crippen LogP contribution in [-0.2, 0) is 68.3 Å². The van der Waals surface area contributed by atoms with Crippen molar-refractivity contribution in [3.05, 3.63) is 19.9 Å². The van der Waals surface area contributed by atoms with Gasteiger partial charge in [-0.2, -0.15) is 0 Å². The smallest absolute Gasteiger partial charge is 0.426 e. The van der Waals surface area contributed by atoms with Gasteiger partial charge in [0.1, 0.15) is 23.8 Å². The van der Waals surface area contributed by atoms with Gasteiger partial charge in [-0.3, -0.25) is 0 Å². The van der Waals surface area contributed by atoms with E-state index in [9.17, 15) is 0 Å². The van der Waals surface area contributed by atoms with Crippen LogP contribution in [0.25, 0.3) is 19.9 Å². The Morgan fingerprint density at radius 3 is 0.404 bits per heavy atom. The predicted octanol–water partition coefficient (Wildman–Crippen LogP) is 18.8. The molecule has 8 rings (SSSR count). The second-order valence-corrected chi connectivity index (χ2v) is 74.0. The molecular formula is C72H152Cu4N20Si8. The first-order valence-corrected chi connectivity index (χ1v) is 67.8. The fourth-order valence-corrected chi connectivity index (χ4v) is 19.2. The van der Waals surface area contributed by atoms with E-state index in [-0.39, 0.29) is 68.3 Å². The standard InChI is InChI=1S/4C18H38N5Si2.4Cu/c4*1-24(2,3)20-17(22-13-9-7-10-14-22)19-18(21-25(4,5)6)23-15-11-8-12-16-23;;;;/h4*7-16H2,1-6H3;;;;/q4*-1;4*+1. The Bertz CT molecular complexity index is 2300. The van der Waals surface area contributed by atoms with E-state index in [0.29, 0.717) is 0 Å². The Morgan fingerprint density at radius 1 is 0.183 bits per heavy atom. The molecule has 0 aromatic rings. The third kappa shape index (κ3) is 44.1. The zero-order valence-corrected chi connectivity index (χ0v) is 82.2. The van der Waals surface area contributed by atoms with E-state index in [1.165, 1.54) is 154 Å². The van der Waals surface area contributed by atoms with Crippen LogP contribution in [0.3, 0.4) is 0 Å². The molecule has 8 fully saturated rings. The molecule has 0 amide bonds. The second-order valence-electron chi connectivity index (χ2n) is 37.5. The fraction of sp³-hybridized carbons (Fsp3) is 0.889. The van der Waals surface area contributed by atoms with Crippen LogP contribution in [-0.4, -0.2) is 257 Å². The number of guanidine groups is 8. The molecule has 0 spiro atoms. The van der Waals surface area contributed by atoms with E-state index >= 15 is 0 Å². The van der Waals surface area contributed by atoms with Crippen molar-refractivity contribution in [2.45, 2.75) is 311 Å². The molecule has 20 nitrogen and oxygen atoms in total. The van der Waals surface area contributed by atoms with Crippen molar-refractivity contribution in [2.24, 2.45) is 38.6 Å². The summed E-state index contributed by atoms with van der Waals surface area (Å²) < 4.78 is 20.5. The number of piperidine rings is 8. The topological polar surface area (TPSA) is 181 Å². The number of rotatable bonds is 8. The first-order valence-electron chi connectivity index (χ1n) is 40.2. The van der Waals surface area contributed by atoms with Crippen LogP contribution in [0.2, 0.25) is 157 Å². The molecule has 8 aliphatic heterocycles. The first kappa shape index (κ1) is 101. The van der Waals surface area contributed by atoms with Crippen LogP contribution in [0.5, 0.6) is 0 Å². The summed E-state index contributed by atoms with van der Waals surface area (Å²) >= 11 is 0. The first-order chi connectivity index (χ1) is 46.6. The normalized spacial score (nSPS) is 20.7. The molecule has 8 aliphatic rings. The zero-order valence-electron chi connectivity index (χ0n) is 70.4. The molecule has 0 atom stereocenters. The van der Waals surface area contributed by atoms with Crippen LogP contribution in [0.1, 0.15) is 154 Å². The summed E-state index contributed by atoms with van der Waals surface area (Å²) in [5.41, 5.74) is 0. The summed E-state index contributed by atoms with van der Waals surface area (Å²) in [7, 11) is -12.7. The molecule has 0 aromatic carbocycles. The molecular weight excluding hydrogens is 1620 g/mol. The third-order valence-electron chi connectivity index (χ3n) is 17.4. The molecule has 0 N–H and O–H groups in total. The van der Waals surface area contributed by atoms with E-state index in [2.05, 4.69) is 196 Å². The van der Waals surface area contributed by atoms with Gasteiger partial charge < -0.3 is 97.7 Å². The Labute approximate surface area is 689 Å². The minimum Gasteiger partial charge on any atom is -0.426 e. The van der Waals surface area contributed by atoms with Crippen molar-refractivity contribution in [1.82, 2.24) is 39.2 Å². The molecule has 616 valence electrons. The minimum atomic E-state index is -1.59. The SMILES string of the molecule is C[Si](C)(C)/N=C(\N=C(/[N-][Si](C)(C)C)N1CCCCC1)N1CCCCC1.C[Si](C)(C)/N=C(\N=C(/[N-][Si](C)(C)C)N1CCCCC1)N1CCCCC1.C[Si](C)(C)/N=C(\N=C(/[N-][Si](C)(C)C)N1CCCCC1)N1CCCCC1.C[Si](C)(C)/N=C(\N=C(/[N-][Si](C)(C)C)N1CCCCC1)N1CCCCC1.[Cu+].[Cu+].[Cu+].[Cu+]. The van der Waals surface area contributed by atoms with Gasteiger partial charge in [0.15, 0.2) is 32.9 Å². The predicted molar refractivity (Wildman–Crippen MR) is 463 cm³/mol. The Morgan fingerprint density at radius 2 is 0.298 bits per heavy atom. The van der Waals surface area contributed by atoms with E-state index in [4.69, 9.17) is 58.5 Å². The monoisotopic (exact) mass is 1770 g/mol. The molecule has 0 radical (unpaired) electrons. The van der Waals surface area contributed by atoms with E-state index in [0.717, 1.165) is 152 Å². The number of nitrogens with zero attached hydrogens (tertiary/aromatic N) is 20. The maximum Gasteiger partial charge on any atom is 1.00 e. The average molecular weight is 1780 g/mol. The second kappa shape index (κ2) is 48.0. The van der Waals surface area contributed by atoms with Crippen molar-refractivity contribution < 1.29 is 68.3 Å². The molecule has 0 bridgehead atoms. The summed E-state index contributed by atoms with van der Waals surface area (Å²) in [6.45, 7) is 72.5. The van der Waals surface area contributed by atoms with Gasteiger partial charge in [-0.1, -0.05) is 104 Å². The van der Waals surface area contributed by atoms with Gasteiger partial charge in [0, 0.05) is 76.2 Å². The van der Waals surface area contributed by atoms with Crippen molar-refractivity contribution in [3.63, 3.8) is 0 Å². The van der Waals surface area contributed by atoms with Crippen LogP contribution in [0, 0.1) is 0 Å². The summed E-state index contributed by atoms with van der Waals surface area (Å²) in [5.74, 6) is 7.68. The van der Waals surface area contributed by atoms with Crippen molar-refractivity contribution in [1.29, 1.82) is 0 Å². The largest absolute Gasteiger partial charge is 1.00 e. The van der Waals surface area contributed by atoms with E-state index in [1.54, 1.807) is 0 Å². The maximum atomic E-state index is 5.12. The van der Waals surface area contributed by atoms with Crippen LogP contribution in [0.15, 0.2) is 38.6 Å². The number of likely N-dealkylation sites (tertiary alicyclic amines) is 8. The quantitative estimate of drug-likeness (QED) is 0.131. The number of hydrogen-bond acceptors (Lipinski definition) is 4. The summed E-state index contributed by atoms with van der Waals surface area (Å²) in [6, 6.07) is 0. The number of aliphatic imine (C=N–C) groups is 4. The molecule has 0 saturated carbocycles. The average Bonchev–Trinajstić information content (AvgIpc) is 0.851. The molecule has 8 saturated heterocycles. The van der Waals surface area contributed by atoms with Crippen LogP contribution in [0.4, 0.5) is 0 Å². The Hall–Kier alpha value is -1.23. The maximum absolute atomic E-state index is 5.12. The fourth-order valence-electron chi connectivity index (χ4n) is 12.8. The van der Waals surface area contributed by atoms with E-state index in [1.807, 2.05) is 0 Å².